The molecule has 6 nitrogen and oxygen atoms in total. The van der Waals surface area contributed by atoms with Crippen molar-refractivity contribution in [1.29, 1.82) is 0 Å². The number of sulfone groups is 1. The van der Waals surface area contributed by atoms with Crippen molar-refractivity contribution in [3.05, 3.63) is 118 Å². The van der Waals surface area contributed by atoms with Crippen molar-refractivity contribution >= 4 is 21.8 Å². The zero-order valence-electron chi connectivity index (χ0n) is 30.9. The van der Waals surface area contributed by atoms with E-state index in [1.807, 2.05) is 24.3 Å². The molecule has 0 aliphatic rings. The molecule has 0 fully saturated rings. The minimum absolute atomic E-state index is 0.0375. The van der Waals surface area contributed by atoms with Gasteiger partial charge in [-0.05, 0) is 117 Å². The molecule has 0 bridgehead atoms. The Kier molecular flexibility index (Phi) is 10.2. The second-order valence-corrected chi connectivity index (χ2v) is 18.8. The normalized spacial score (nSPS) is 12.8. The minimum Gasteiger partial charge on any atom is -0.423 e. The van der Waals surface area contributed by atoms with E-state index in [9.17, 15) is 18.0 Å². The van der Waals surface area contributed by atoms with Gasteiger partial charge >= 0.3 is 11.9 Å². The molecule has 0 unspecified atom stereocenters. The lowest BCUT2D eigenvalue weighted by molar-refractivity contribution is 0.0724. The van der Waals surface area contributed by atoms with Gasteiger partial charge in [-0.1, -0.05) is 95.2 Å². The molecule has 7 heteroatoms. The molecule has 260 valence electrons. The summed E-state index contributed by atoms with van der Waals surface area (Å²) in [5.41, 5.74) is 4.31. The third-order valence-electron chi connectivity index (χ3n) is 8.49. The van der Waals surface area contributed by atoms with Crippen LogP contribution in [0.2, 0.25) is 0 Å². The maximum absolute atomic E-state index is 13.5. The van der Waals surface area contributed by atoms with E-state index in [0.29, 0.717) is 11.1 Å². The molecule has 0 aromatic heterocycles. The average Bonchev–Trinajstić information content (AvgIpc) is 2.99. The van der Waals surface area contributed by atoms with Gasteiger partial charge in [-0.15, -0.1) is 0 Å². The van der Waals surface area contributed by atoms with Gasteiger partial charge in [0, 0.05) is 0 Å². The lowest BCUT2D eigenvalue weighted by atomic mass is 9.79. The molecule has 4 rings (SSSR count). The highest BCUT2D eigenvalue weighted by Crippen LogP contribution is 2.33. The molecule has 4 aromatic rings. The number of hydrogen-bond donors (Lipinski definition) is 0. The van der Waals surface area contributed by atoms with Crippen LogP contribution in [-0.4, -0.2) is 20.4 Å². The lowest BCUT2D eigenvalue weighted by Crippen LogP contribution is -2.19. The van der Waals surface area contributed by atoms with Gasteiger partial charge in [0.25, 0.3) is 0 Å². The fraction of sp³-hybridized carbons (Fsp3) is 0.381. The topological polar surface area (TPSA) is 86.7 Å². The average molecular weight is 683 g/mol. The van der Waals surface area contributed by atoms with Crippen LogP contribution in [0, 0.1) is 0 Å². The number of benzene rings is 4. The van der Waals surface area contributed by atoms with E-state index >= 15 is 0 Å². The number of esters is 2. The molecule has 0 atom stereocenters. The van der Waals surface area contributed by atoms with Gasteiger partial charge in [0.15, 0.2) is 0 Å². The summed E-state index contributed by atoms with van der Waals surface area (Å²) in [6.07, 6.45) is 0. The van der Waals surface area contributed by atoms with Crippen molar-refractivity contribution in [1.82, 2.24) is 0 Å². The second kappa shape index (κ2) is 13.2. The maximum atomic E-state index is 13.5. The Morgan fingerprint density at radius 1 is 0.429 bits per heavy atom. The Labute approximate surface area is 292 Å². The van der Waals surface area contributed by atoms with E-state index < -0.39 is 21.8 Å². The first kappa shape index (κ1) is 37.6. The van der Waals surface area contributed by atoms with E-state index in [1.54, 1.807) is 0 Å². The predicted octanol–water partition coefficient (Wildman–Crippen LogP) is 10.1. The van der Waals surface area contributed by atoms with E-state index in [4.69, 9.17) is 9.47 Å². The van der Waals surface area contributed by atoms with E-state index in [0.717, 1.165) is 22.3 Å². The summed E-state index contributed by atoms with van der Waals surface area (Å²) in [6.45, 7) is 25.1. The summed E-state index contributed by atoms with van der Waals surface area (Å²) in [6, 6.07) is 23.2. The van der Waals surface area contributed by atoms with Crippen LogP contribution in [0.1, 0.15) is 126 Å². The summed E-state index contributed by atoms with van der Waals surface area (Å²) in [4.78, 5) is 26.5. The van der Waals surface area contributed by atoms with Crippen LogP contribution in [0.4, 0.5) is 0 Å². The maximum Gasteiger partial charge on any atom is 0.343 e. The van der Waals surface area contributed by atoms with Crippen molar-refractivity contribution in [2.24, 2.45) is 0 Å². The summed E-state index contributed by atoms with van der Waals surface area (Å²) < 4.78 is 38.2. The number of hydrogen-bond acceptors (Lipinski definition) is 6. The Hall–Kier alpha value is -4.23. The summed E-state index contributed by atoms with van der Waals surface area (Å²) in [7, 11) is -3.90. The van der Waals surface area contributed by atoms with Crippen molar-refractivity contribution < 1.29 is 27.5 Å². The molecule has 0 heterocycles. The zero-order valence-corrected chi connectivity index (χ0v) is 31.8. The van der Waals surface area contributed by atoms with Crippen LogP contribution < -0.4 is 9.47 Å². The first-order valence-electron chi connectivity index (χ1n) is 16.6. The van der Waals surface area contributed by atoms with Crippen LogP contribution >= 0.6 is 0 Å². The predicted molar refractivity (Wildman–Crippen MR) is 196 cm³/mol. The van der Waals surface area contributed by atoms with Gasteiger partial charge in [-0.25, -0.2) is 18.0 Å². The van der Waals surface area contributed by atoms with Crippen LogP contribution in [0.3, 0.4) is 0 Å². The first-order chi connectivity index (χ1) is 22.4. The van der Waals surface area contributed by atoms with Crippen molar-refractivity contribution in [2.75, 3.05) is 0 Å². The van der Waals surface area contributed by atoms with Gasteiger partial charge in [-0.3, -0.25) is 0 Å². The van der Waals surface area contributed by atoms with Crippen LogP contribution in [-0.2, 0) is 31.5 Å². The number of carbonyl (C=O) groups is 2. The standard InChI is InChI=1S/C42H50O6S/c1-39(2,3)29-21-27(22-30(25-29)40(4,5)6)37(43)47-33-13-17-35(18-14-33)49(45,46)36-19-15-34(16-20-36)48-38(44)28-23-31(41(7,8)9)26-32(24-28)42(10,11)12/h13-26H,1-12H3. The van der Waals surface area contributed by atoms with E-state index in [-0.39, 0.29) is 42.9 Å². The van der Waals surface area contributed by atoms with Crippen molar-refractivity contribution in [2.45, 2.75) is 115 Å². The Bertz CT molecular complexity index is 1750. The van der Waals surface area contributed by atoms with Crippen molar-refractivity contribution in [3.8, 4) is 11.5 Å². The van der Waals surface area contributed by atoms with Gasteiger partial charge in [-0.2, -0.15) is 0 Å². The highest BCUT2D eigenvalue weighted by Gasteiger charge is 2.25. The summed E-state index contributed by atoms with van der Waals surface area (Å²) >= 11 is 0. The van der Waals surface area contributed by atoms with Crippen molar-refractivity contribution in [3.63, 3.8) is 0 Å². The molecule has 0 saturated carbocycles. The highest BCUT2D eigenvalue weighted by molar-refractivity contribution is 7.91. The third-order valence-corrected chi connectivity index (χ3v) is 10.3. The molecule has 0 amide bonds. The van der Waals surface area contributed by atoms with Gasteiger partial charge in [0.2, 0.25) is 9.84 Å². The minimum atomic E-state index is -3.90. The highest BCUT2D eigenvalue weighted by atomic mass is 32.2. The summed E-state index contributed by atoms with van der Waals surface area (Å²) in [5.74, 6) is -0.570. The molecule has 0 aliphatic carbocycles. The molecular formula is C42H50O6S. The largest absolute Gasteiger partial charge is 0.423 e. The Balaban J connectivity index is 1.51. The van der Waals surface area contributed by atoms with Crippen LogP contribution in [0.15, 0.2) is 94.7 Å². The summed E-state index contributed by atoms with van der Waals surface area (Å²) in [5, 5.41) is 0. The molecule has 0 aliphatic heterocycles. The Morgan fingerprint density at radius 2 is 0.673 bits per heavy atom. The van der Waals surface area contributed by atoms with Gasteiger partial charge in [0.1, 0.15) is 11.5 Å². The number of rotatable bonds is 6. The van der Waals surface area contributed by atoms with Gasteiger partial charge < -0.3 is 9.47 Å². The molecule has 49 heavy (non-hydrogen) atoms. The van der Waals surface area contributed by atoms with Crippen LogP contribution in [0.5, 0.6) is 11.5 Å². The lowest BCUT2D eigenvalue weighted by Gasteiger charge is -2.25. The van der Waals surface area contributed by atoms with Gasteiger partial charge in [0.05, 0.1) is 20.9 Å². The fourth-order valence-corrected chi connectivity index (χ4v) is 6.33. The SMILES string of the molecule is CC(C)(C)c1cc(C(=O)Oc2ccc(S(=O)(=O)c3ccc(OC(=O)c4cc(C(C)(C)C)cc(C(C)(C)C)c4)cc3)cc2)cc(C(C)(C)C)c1. The Morgan fingerprint density at radius 3 is 0.898 bits per heavy atom. The molecule has 0 radical (unpaired) electrons. The fourth-order valence-electron chi connectivity index (χ4n) is 5.06. The second-order valence-electron chi connectivity index (χ2n) is 16.8. The zero-order chi connectivity index (χ0) is 36.7. The molecule has 0 N–H and O–H groups in total. The monoisotopic (exact) mass is 682 g/mol. The molecule has 4 aromatic carbocycles. The number of ether oxygens (including phenoxy) is 2. The third kappa shape index (κ3) is 9.07. The van der Waals surface area contributed by atoms with Crippen LogP contribution in [0.25, 0.3) is 0 Å². The quantitative estimate of drug-likeness (QED) is 0.149. The molecule has 0 spiro atoms. The number of carbonyl (C=O) groups excluding carboxylic acids is 2. The molecular weight excluding hydrogens is 633 g/mol. The van der Waals surface area contributed by atoms with E-state index in [2.05, 4.69) is 95.2 Å². The molecule has 0 saturated heterocycles. The first-order valence-corrected chi connectivity index (χ1v) is 18.1. The smallest absolute Gasteiger partial charge is 0.343 e. The van der Waals surface area contributed by atoms with E-state index in [1.165, 1.54) is 48.5 Å².